The lowest BCUT2D eigenvalue weighted by Gasteiger charge is -2.19. The summed E-state index contributed by atoms with van der Waals surface area (Å²) >= 11 is 0. The van der Waals surface area contributed by atoms with Gasteiger partial charge < -0.3 is 0 Å². The zero-order valence-electron chi connectivity index (χ0n) is 6.11. The van der Waals surface area contributed by atoms with E-state index >= 15 is 0 Å². The Labute approximate surface area is 62.9 Å². The van der Waals surface area contributed by atoms with E-state index < -0.39 is 0 Å². The van der Waals surface area contributed by atoms with Gasteiger partial charge in [-0.15, -0.1) is 0 Å². The molecule has 2 heteroatoms. The molecule has 0 N–H and O–H groups in total. The van der Waals surface area contributed by atoms with Crippen LogP contribution in [0.1, 0.15) is 32.1 Å². The third-order valence-corrected chi connectivity index (χ3v) is 5.32. The smallest absolute Gasteiger partial charge is 0.0259 e. The number of hydrogen-bond acceptors (Lipinski definition) is 0. The largest absolute Gasteiger partial charge is 0.0758 e. The molecule has 0 bridgehead atoms. The van der Waals surface area contributed by atoms with E-state index in [0.717, 1.165) is 5.54 Å². The molecule has 50 valence electrons. The van der Waals surface area contributed by atoms with Crippen LogP contribution in [0.4, 0.5) is 0 Å². The molecule has 0 saturated heterocycles. The van der Waals surface area contributed by atoms with Crippen LogP contribution in [0, 0.1) is 0 Å². The molecule has 0 atom stereocenters. The van der Waals surface area contributed by atoms with Crippen molar-refractivity contribution in [2.24, 2.45) is 0 Å². The van der Waals surface area contributed by atoms with Gasteiger partial charge in [0.1, 0.15) is 0 Å². The Balaban J connectivity index is 2.08. The maximum absolute atomic E-state index is 2.34. The van der Waals surface area contributed by atoms with Gasteiger partial charge in [-0.3, -0.25) is 0 Å². The average molecular weight is 154 g/mol. The molecule has 1 aliphatic carbocycles. The quantitative estimate of drug-likeness (QED) is 0.534. The summed E-state index contributed by atoms with van der Waals surface area (Å²) in [6, 6.07) is 0. The van der Waals surface area contributed by atoms with Gasteiger partial charge in [-0.25, -0.2) is 0 Å². The van der Waals surface area contributed by atoms with Crippen molar-refractivity contribution in [3.63, 3.8) is 0 Å². The first-order valence-corrected chi connectivity index (χ1v) is 7.43. The fraction of sp³-hybridized carbons (Fsp3) is 1.00. The predicted octanol–water partition coefficient (Wildman–Crippen LogP) is 2.11. The minimum atomic E-state index is 1.14. The molecule has 1 rings (SSSR count). The fourth-order valence-electron chi connectivity index (χ4n) is 1.45. The van der Waals surface area contributed by atoms with E-state index in [-0.39, 0.29) is 0 Å². The van der Waals surface area contributed by atoms with E-state index in [0.29, 0.717) is 0 Å². The van der Waals surface area contributed by atoms with Gasteiger partial charge in [-0.1, -0.05) is 44.2 Å². The van der Waals surface area contributed by atoms with Crippen molar-refractivity contribution in [1.82, 2.24) is 0 Å². The molecule has 0 unspecified atom stereocenters. The van der Waals surface area contributed by atoms with Crippen LogP contribution in [0.25, 0.3) is 0 Å². The monoisotopic (exact) mass is 154 g/mol. The van der Waals surface area contributed by atoms with Gasteiger partial charge in [0.25, 0.3) is 0 Å². The summed E-state index contributed by atoms with van der Waals surface area (Å²) in [5.41, 5.74) is 1.14. The van der Waals surface area contributed by atoms with E-state index in [9.17, 15) is 0 Å². The lowest BCUT2D eigenvalue weighted by Crippen LogP contribution is -2.12. The summed E-state index contributed by atoms with van der Waals surface area (Å²) in [6.45, 7) is 2.34. The second-order valence-corrected chi connectivity index (χ2v) is 6.70. The second kappa shape index (κ2) is 4.28. The lowest BCUT2D eigenvalue weighted by molar-refractivity contribution is 0.503. The van der Waals surface area contributed by atoms with Gasteiger partial charge in [0.2, 0.25) is 0 Å². The van der Waals surface area contributed by atoms with Crippen LogP contribution in [-0.4, -0.2) is 18.1 Å². The first kappa shape index (κ1) is 7.54. The van der Waals surface area contributed by atoms with Crippen LogP contribution >= 0.6 is 0 Å². The SMILES string of the molecule is C[Si][Si]C1CCCCC1. The van der Waals surface area contributed by atoms with Gasteiger partial charge in [-0.2, -0.15) is 0 Å². The molecule has 4 radical (unpaired) electrons. The predicted molar refractivity (Wildman–Crippen MR) is 44.2 cm³/mol. The van der Waals surface area contributed by atoms with Crippen LogP contribution in [0.5, 0.6) is 0 Å². The molecule has 0 aromatic carbocycles. The summed E-state index contributed by atoms with van der Waals surface area (Å²) in [7, 11) is 2.51. The molecule has 1 saturated carbocycles. The normalized spacial score (nSPS) is 22.3. The van der Waals surface area contributed by atoms with E-state index in [1.165, 1.54) is 37.3 Å². The summed E-state index contributed by atoms with van der Waals surface area (Å²) in [5, 5.41) is 0. The Hall–Kier alpha value is 0.434. The van der Waals surface area contributed by atoms with Crippen LogP contribution in [0.15, 0.2) is 0 Å². The van der Waals surface area contributed by atoms with Crippen molar-refractivity contribution >= 4 is 18.1 Å². The zero-order valence-corrected chi connectivity index (χ0v) is 8.11. The summed E-state index contributed by atoms with van der Waals surface area (Å²) in [4.78, 5) is 0. The fourth-order valence-corrected chi connectivity index (χ4v) is 4.65. The third-order valence-electron chi connectivity index (χ3n) is 1.95. The van der Waals surface area contributed by atoms with Crippen molar-refractivity contribution in [2.45, 2.75) is 44.2 Å². The molecular weight excluding hydrogens is 140 g/mol. The van der Waals surface area contributed by atoms with Crippen LogP contribution in [0.2, 0.25) is 12.1 Å². The van der Waals surface area contributed by atoms with Crippen molar-refractivity contribution in [2.75, 3.05) is 0 Å². The molecule has 1 fully saturated rings. The van der Waals surface area contributed by atoms with Gasteiger partial charge in [0.05, 0.1) is 0 Å². The van der Waals surface area contributed by atoms with Crippen LogP contribution in [0.3, 0.4) is 0 Å². The summed E-state index contributed by atoms with van der Waals surface area (Å²) in [5.74, 6) is 0. The maximum atomic E-state index is 2.34. The molecule has 0 aromatic rings. The van der Waals surface area contributed by atoms with E-state index in [1.54, 1.807) is 12.8 Å². The molecule has 0 aliphatic heterocycles. The van der Waals surface area contributed by atoms with Crippen molar-refractivity contribution in [3.05, 3.63) is 0 Å². The molecule has 0 heterocycles. The Morgan fingerprint density at radius 3 is 2.33 bits per heavy atom. The second-order valence-electron chi connectivity index (χ2n) is 2.73. The Morgan fingerprint density at radius 2 is 1.78 bits per heavy atom. The highest BCUT2D eigenvalue weighted by Crippen LogP contribution is 2.26. The minimum absolute atomic E-state index is 1.14. The Bertz CT molecular complexity index is 64.6. The molecule has 0 nitrogen and oxygen atoms in total. The highest BCUT2D eigenvalue weighted by molar-refractivity contribution is 7.00. The molecule has 9 heavy (non-hydrogen) atoms. The highest BCUT2D eigenvalue weighted by atomic mass is 29.1. The van der Waals surface area contributed by atoms with E-state index in [2.05, 4.69) is 6.55 Å². The third kappa shape index (κ3) is 2.67. The number of hydrogen-bond donors (Lipinski definition) is 0. The molecule has 0 amide bonds. The van der Waals surface area contributed by atoms with Gasteiger partial charge >= 0.3 is 0 Å². The Kier molecular flexibility index (Phi) is 3.59. The van der Waals surface area contributed by atoms with Crippen molar-refractivity contribution in [1.29, 1.82) is 0 Å². The highest BCUT2D eigenvalue weighted by Gasteiger charge is 2.11. The Morgan fingerprint density at radius 1 is 1.11 bits per heavy atom. The zero-order chi connectivity index (χ0) is 6.53. The van der Waals surface area contributed by atoms with Gasteiger partial charge in [0.15, 0.2) is 0 Å². The first-order valence-electron chi connectivity index (χ1n) is 3.86. The van der Waals surface area contributed by atoms with Crippen LogP contribution < -0.4 is 0 Å². The topological polar surface area (TPSA) is 0 Å². The van der Waals surface area contributed by atoms with E-state index in [1.807, 2.05) is 0 Å². The first-order chi connectivity index (χ1) is 4.43. The standard InChI is InChI=1S/C7H14Si2/c1-8-9-7-5-3-2-4-6-7/h7H,2-6H2,1H3. The number of rotatable bonds is 2. The van der Waals surface area contributed by atoms with Crippen molar-refractivity contribution < 1.29 is 0 Å². The lowest BCUT2D eigenvalue weighted by atomic mass is 10.0. The van der Waals surface area contributed by atoms with Gasteiger partial charge in [0, 0.05) is 18.1 Å². The van der Waals surface area contributed by atoms with E-state index in [4.69, 9.17) is 0 Å². The minimum Gasteiger partial charge on any atom is -0.0758 e. The van der Waals surface area contributed by atoms with Crippen LogP contribution in [-0.2, 0) is 0 Å². The van der Waals surface area contributed by atoms with Gasteiger partial charge in [-0.05, 0) is 0 Å². The molecule has 0 aromatic heterocycles. The molecular formula is C7H14Si2. The molecule has 0 spiro atoms. The maximum Gasteiger partial charge on any atom is 0.0259 e. The van der Waals surface area contributed by atoms with Crippen molar-refractivity contribution in [3.8, 4) is 0 Å². The average Bonchev–Trinajstić information content (AvgIpc) is 1.91. The summed E-state index contributed by atoms with van der Waals surface area (Å²) in [6.07, 6.45) is 7.62. The summed E-state index contributed by atoms with van der Waals surface area (Å²) < 4.78 is 0. The molecule has 1 aliphatic rings.